The highest BCUT2D eigenvalue weighted by atomic mass is 35.5. The van der Waals surface area contributed by atoms with E-state index >= 15 is 0 Å². The third-order valence-electron chi connectivity index (χ3n) is 4.98. The normalized spacial score (nSPS) is 13.5. The van der Waals surface area contributed by atoms with Gasteiger partial charge in [0, 0.05) is 30.8 Å². The van der Waals surface area contributed by atoms with Crippen molar-refractivity contribution in [3.05, 3.63) is 69.0 Å². The topological polar surface area (TPSA) is 123 Å². The molecule has 2 aromatic carbocycles. The molecule has 0 saturated carbocycles. The maximum Gasteiger partial charge on any atom is 0.278 e. The standard InChI is InChI=1S/C20H17ClN6O4/c1-12-19(23-24-26(12)14-4-2-5-15(10-14)27(30)31)20(29)22-17-11-13(7-8-16(17)21)25-9-3-6-18(25)28/h2,4-5,7-8,10-11H,3,6,9H2,1H3,(H,22,29). The number of rotatable bonds is 5. The summed E-state index contributed by atoms with van der Waals surface area (Å²) >= 11 is 6.24. The average molecular weight is 441 g/mol. The highest BCUT2D eigenvalue weighted by molar-refractivity contribution is 6.34. The lowest BCUT2D eigenvalue weighted by molar-refractivity contribution is -0.384. The van der Waals surface area contributed by atoms with Crippen LogP contribution in [0.5, 0.6) is 0 Å². The third kappa shape index (κ3) is 3.97. The van der Waals surface area contributed by atoms with Crippen molar-refractivity contribution >= 4 is 40.5 Å². The molecule has 4 rings (SSSR count). The summed E-state index contributed by atoms with van der Waals surface area (Å²) in [5.41, 5.74) is 1.75. The van der Waals surface area contributed by atoms with Gasteiger partial charge in [0.15, 0.2) is 5.69 Å². The molecule has 31 heavy (non-hydrogen) atoms. The van der Waals surface area contributed by atoms with E-state index in [1.807, 2.05) is 0 Å². The number of anilines is 2. The van der Waals surface area contributed by atoms with Gasteiger partial charge in [0.05, 0.1) is 27.0 Å². The van der Waals surface area contributed by atoms with Gasteiger partial charge in [-0.25, -0.2) is 4.68 Å². The first-order valence-corrected chi connectivity index (χ1v) is 9.81. The molecule has 1 aromatic heterocycles. The van der Waals surface area contributed by atoms with E-state index in [1.54, 1.807) is 36.1 Å². The zero-order valence-electron chi connectivity index (χ0n) is 16.4. The number of nitro groups is 1. The molecule has 1 aliphatic rings. The van der Waals surface area contributed by atoms with Crippen LogP contribution in [0.1, 0.15) is 29.0 Å². The quantitative estimate of drug-likeness (QED) is 0.478. The van der Waals surface area contributed by atoms with Crippen LogP contribution in [-0.2, 0) is 4.79 Å². The van der Waals surface area contributed by atoms with Gasteiger partial charge in [-0.05, 0) is 37.6 Å². The molecule has 0 radical (unpaired) electrons. The Kier molecular flexibility index (Phi) is 5.38. The van der Waals surface area contributed by atoms with Crippen LogP contribution < -0.4 is 10.2 Å². The molecule has 1 saturated heterocycles. The lowest BCUT2D eigenvalue weighted by atomic mass is 10.2. The molecule has 0 aliphatic carbocycles. The fraction of sp³-hybridized carbons (Fsp3) is 0.200. The second kappa shape index (κ2) is 8.15. The Bertz CT molecular complexity index is 1210. The Balaban J connectivity index is 1.60. The summed E-state index contributed by atoms with van der Waals surface area (Å²) in [5, 5.41) is 21.9. The van der Waals surface area contributed by atoms with Gasteiger partial charge in [-0.15, -0.1) is 5.10 Å². The highest BCUT2D eigenvalue weighted by Crippen LogP contribution is 2.30. The van der Waals surface area contributed by atoms with Crippen LogP contribution in [0.4, 0.5) is 17.1 Å². The van der Waals surface area contributed by atoms with Crippen molar-refractivity contribution in [2.75, 3.05) is 16.8 Å². The molecule has 11 heteroatoms. The number of nitrogens with zero attached hydrogens (tertiary/aromatic N) is 5. The number of aromatic nitrogens is 3. The van der Waals surface area contributed by atoms with Gasteiger partial charge in [0.2, 0.25) is 5.91 Å². The van der Waals surface area contributed by atoms with Crippen molar-refractivity contribution in [3.8, 4) is 5.69 Å². The van der Waals surface area contributed by atoms with Crippen LogP contribution >= 0.6 is 11.6 Å². The number of carbonyl (C=O) groups is 2. The second-order valence-corrected chi connectivity index (χ2v) is 7.39. The zero-order valence-corrected chi connectivity index (χ0v) is 17.2. The summed E-state index contributed by atoms with van der Waals surface area (Å²) in [7, 11) is 0. The molecular weight excluding hydrogens is 424 g/mol. The Morgan fingerprint density at radius 3 is 2.74 bits per heavy atom. The van der Waals surface area contributed by atoms with Gasteiger partial charge in [-0.3, -0.25) is 19.7 Å². The highest BCUT2D eigenvalue weighted by Gasteiger charge is 2.23. The molecular formula is C20H17ClN6O4. The van der Waals surface area contributed by atoms with Crippen LogP contribution in [0.2, 0.25) is 5.02 Å². The first kappa shape index (κ1) is 20.5. The number of carbonyl (C=O) groups excluding carboxylic acids is 2. The molecule has 2 heterocycles. The minimum Gasteiger partial charge on any atom is -0.319 e. The van der Waals surface area contributed by atoms with Gasteiger partial charge in [-0.1, -0.05) is 22.9 Å². The number of hydrogen-bond acceptors (Lipinski definition) is 6. The van der Waals surface area contributed by atoms with E-state index in [-0.39, 0.29) is 17.3 Å². The van der Waals surface area contributed by atoms with Crippen LogP contribution in [-0.4, -0.2) is 38.3 Å². The average Bonchev–Trinajstić information content (AvgIpc) is 3.35. The lowest BCUT2D eigenvalue weighted by Crippen LogP contribution is -2.24. The predicted molar refractivity (Wildman–Crippen MR) is 114 cm³/mol. The first-order chi connectivity index (χ1) is 14.8. The van der Waals surface area contributed by atoms with E-state index in [1.165, 1.54) is 22.9 Å². The van der Waals surface area contributed by atoms with Crippen molar-refractivity contribution in [1.82, 2.24) is 15.0 Å². The summed E-state index contributed by atoms with van der Waals surface area (Å²) in [5.74, 6) is -0.517. The molecule has 3 aromatic rings. The summed E-state index contributed by atoms with van der Waals surface area (Å²) in [6.45, 7) is 2.25. The minimum atomic E-state index is -0.541. The van der Waals surface area contributed by atoms with Crippen molar-refractivity contribution < 1.29 is 14.5 Å². The van der Waals surface area contributed by atoms with E-state index in [2.05, 4.69) is 15.6 Å². The van der Waals surface area contributed by atoms with Gasteiger partial charge >= 0.3 is 0 Å². The summed E-state index contributed by atoms with van der Waals surface area (Å²) in [6, 6.07) is 10.9. The van der Waals surface area contributed by atoms with E-state index < -0.39 is 10.8 Å². The summed E-state index contributed by atoms with van der Waals surface area (Å²) < 4.78 is 1.35. The number of halogens is 1. The zero-order chi connectivity index (χ0) is 22.1. The van der Waals surface area contributed by atoms with Gasteiger partial charge in [0.25, 0.3) is 11.6 Å². The van der Waals surface area contributed by atoms with Gasteiger partial charge in [0.1, 0.15) is 0 Å². The Hall–Kier alpha value is -3.79. The fourth-order valence-electron chi connectivity index (χ4n) is 3.40. The maximum atomic E-state index is 12.8. The van der Waals surface area contributed by atoms with Gasteiger partial charge < -0.3 is 10.2 Å². The molecule has 0 spiro atoms. The first-order valence-electron chi connectivity index (χ1n) is 9.43. The third-order valence-corrected chi connectivity index (χ3v) is 5.31. The Labute approximate surface area is 181 Å². The lowest BCUT2D eigenvalue weighted by Gasteiger charge is -2.17. The number of nitrogens with one attached hydrogen (secondary N) is 1. The van der Waals surface area contributed by atoms with Crippen LogP contribution in [0.3, 0.4) is 0 Å². The molecule has 0 unspecified atom stereocenters. The van der Waals surface area contributed by atoms with Gasteiger partial charge in [-0.2, -0.15) is 0 Å². The number of hydrogen-bond donors (Lipinski definition) is 1. The minimum absolute atomic E-state index is 0.0235. The van der Waals surface area contributed by atoms with E-state index in [0.29, 0.717) is 40.7 Å². The Morgan fingerprint density at radius 2 is 2.03 bits per heavy atom. The van der Waals surface area contributed by atoms with Crippen LogP contribution in [0, 0.1) is 17.0 Å². The molecule has 0 bridgehead atoms. The molecule has 0 atom stereocenters. The smallest absolute Gasteiger partial charge is 0.278 e. The van der Waals surface area contributed by atoms with E-state index in [9.17, 15) is 19.7 Å². The summed E-state index contributed by atoms with van der Waals surface area (Å²) in [6.07, 6.45) is 1.27. The van der Waals surface area contributed by atoms with Crippen LogP contribution in [0.25, 0.3) is 5.69 Å². The predicted octanol–water partition coefficient (Wildman–Crippen LogP) is 3.52. The molecule has 10 nitrogen and oxygen atoms in total. The molecule has 2 amide bonds. The summed E-state index contributed by atoms with van der Waals surface area (Å²) in [4.78, 5) is 37.0. The fourth-order valence-corrected chi connectivity index (χ4v) is 3.57. The van der Waals surface area contributed by atoms with Crippen molar-refractivity contribution in [3.63, 3.8) is 0 Å². The number of non-ortho nitro benzene ring substituents is 1. The van der Waals surface area contributed by atoms with E-state index in [4.69, 9.17) is 11.6 Å². The largest absolute Gasteiger partial charge is 0.319 e. The molecule has 1 fully saturated rings. The Morgan fingerprint density at radius 1 is 1.23 bits per heavy atom. The van der Waals surface area contributed by atoms with Crippen molar-refractivity contribution in [1.29, 1.82) is 0 Å². The van der Waals surface area contributed by atoms with Crippen LogP contribution in [0.15, 0.2) is 42.5 Å². The number of nitro benzene ring substituents is 1. The molecule has 1 aliphatic heterocycles. The molecule has 158 valence electrons. The number of amides is 2. The number of benzene rings is 2. The SMILES string of the molecule is Cc1c(C(=O)Nc2cc(N3CCCC3=O)ccc2Cl)nnn1-c1cccc([N+](=O)[O-])c1. The van der Waals surface area contributed by atoms with E-state index in [0.717, 1.165) is 6.42 Å². The second-order valence-electron chi connectivity index (χ2n) is 6.98. The molecule has 1 N–H and O–H groups in total. The monoisotopic (exact) mass is 440 g/mol. The van der Waals surface area contributed by atoms with Crippen molar-refractivity contribution in [2.45, 2.75) is 19.8 Å². The van der Waals surface area contributed by atoms with Crippen molar-refractivity contribution in [2.24, 2.45) is 0 Å². The maximum absolute atomic E-state index is 12.8.